The molecule has 0 aliphatic carbocycles. The van der Waals surface area contributed by atoms with Crippen molar-refractivity contribution < 1.29 is 23.8 Å². The van der Waals surface area contributed by atoms with Crippen molar-refractivity contribution in [1.29, 1.82) is 0 Å². The number of nitrogens with one attached hydrogen (secondary N) is 2. The molecule has 0 unspecified atom stereocenters. The summed E-state index contributed by atoms with van der Waals surface area (Å²) >= 11 is 0. The van der Waals surface area contributed by atoms with Gasteiger partial charge in [0, 0.05) is 31.8 Å². The van der Waals surface area contributed by atoms with E-state index in [-0.39, 0.29) is 42.1 Å². The van der Waals surface area contributed by atoms with Crippen molar-refractivity contribution in [2.75, 3.05) is 20.1 Å². The number of nitrogens with two attached hydrogens (primary N) is 1. The third kappa shape index (κ3) is 4.17. The number of likely N-dealkylation sites (N-methyl/N-ethyl adjacent to an activating group) is 1. The van der Waals surface area contributed by atoms with E-state index in [9.17, 15) is 23.9 Å². The van der Waals surface area contributed by atoms with Gasteiger partial charge in [0.15, 0.2) is 17.6 Å². The standard InChI is InChI=1S/C23H24FN5O5/c1-26-21(31)15-11-29-18-17(19(30)16(23(29)33)22(32)27-8-2-7-25)28-10-13(20(18)34-15)9-12-3-5-14(24)6-4-12/h3-6,10,15,30H,2,7-9,11,25H2,1H3,(H,26,31)(H,27,32)/t15-/m1/s1. The van der Waals surface area contributed by atoms with Gasteiger partial charge in [-0.1, -0.05) is 12.1 Å². The number of aromatic nitrogens is 2. The SMILES string of the molecule is CNC(=O)[C@H]1Cn2c(=O)c(C(=O)NCCCN)c(O)c3ncc(Cc4ccc(F)cc4)c(c32)O1. The molecule has 4 rings (SSSR count). The first-order valence-corrected chi connectivity index (χ1v) is 10.7. The lowest BCUT2D eigenvalue weighted by Crippen LogP contribution is -2.45. The molecule has 0 saturated heterocycles. The highest BCUT2D eigenvalue weighted by Crippen LogP contribution is 2.37. The van der Waals surface area contributed by atoms with E-state index in [0.29, 0.717) is 18.5 Å². The first-order valence-electron chi connectivity index (χ1n) is 10.7. The highest BCUT2D eigenvalue weighted by Gasteiger charge is 2.34. The number of carbonyl (C=O) groups excluding carboxylic acids is 2. The molecule has 10 nitrogen and oxygen atoms in total. The third-order valence-electron chi connectivity index (χ3n) is 5.62. The molecule has 34 heavy (non-hydrogen) atoms. The van der Waals surface area contributed by atoms with Gasteiger partial charge in [-0.05, 0) is 30.7 Å². The van der Waals surface area contributed by atoms with Gasteiger partial charge in [0.1, 0.15) is 22.4 Å². The number of pyridine rings is 2. The zero-order valence-electron chi connectivity index (χ0n) is 18.4. The topological polar surface area (TPSA) is 149 Å². The zero-order chi connectivity index (χ0) is 24.4. The lowest BCUT2D eigenvalue weighted by molar-refractivity contribution is -0.128. The molecule has 178 valence electrons. The van der Waals surface area contributed by atoms with E-state index in [1.807, 2.05) is 0 Å². The van der Waals surface area contributed by atoms with Crippen molar-refractivity contribution in [3.05, 3.63) is 63.3 Å². The fraction of sp³-hybridized carbons (Fsp3) is 0.304. The van der Waals surface area contributed by atoms with Gasteiger partial charge in [-0.3, -0.25) is 23.9 Å². The van der Waals surface area contributed by atoms with E-state index >= 15 is 0 Å². The summed E-state index contributed by atoms with van der Waals surface area (Å²) in [6, 6.07) is 5.84. The summed E-state index contributed by atoms with van der Waals surface area (Å²) in [5, 5.41) is 15.9. The maximum Gasteiger partial charge on any atom is 0.268 e. The molecule has 0 fully saturated rings. The van der Waals surface area contributed by atoms with Crippen LogP contribution >= 0.6 is 0 Å². The van der Waals surface area contributed by atoms with Crippen LogP contribution in [0.15, 0.2) is 35.3 Å². The van der Waals surface area contributed by atoms with Gasteiger partial charge in [-0.15, -0.1) is 0 Å². The molecule has 3 aromatic rings. The predicted molar refractivity (Wildman–Crippen MR) is 121 cm³/mol. The molecule has 5 N–H and O–H groups in total. The lowest BCUT2D eigenvalue weighted by atomic mass is 10.0. The Bertz CT molecular complexity index is 1320. The number of ether oxygens (including phenoxy) is 1. The Morgan fingerprint density at radius 1 is 1.32 bits per heavy atom. The van der Waals surface area contributed by atoms with Crippen LogP contribution in [-0.4, -0.2) is 52.7 Å². The normalized spacial score (nSPS) is 14.5. The number of amides is 2. The van der Waals surface area contributed by atoms with E-state index < -0.39 is 34.8 Å². The quantitative estimate of drug-likeness (QED) is 0.367. The van der Waals surface area contributed by atoms with Crippen LogP contribution in [0.1, 0.15) is 27.9 Å². The number of halogens is 1. The van der Waals surface area contributed by atoms with Gasteiger partial charge >= 0.3 is 0 Å². The Morgan fingerprint density at radius 2 is 2.06 bits per heavy atom. The molecule has 2 aromatic heterocycles. The van der Waals surface area contributed by atoms with Gasteiger partial charge in [-0.25, -0.2) is 4.39 Å². The Hall–Kier alpha value is -3.99. The summed E-state index contributed by atoms with van der Waals surface area (Å²) in [5.41, 5.74) is 5.66. The van der Waals surface area contributed by atoms with Crippen LogP contribution in [0.3, 0.4) is 0 Å². The number of aromatic hydroxyl groups is 1. The summed E-state index contributed by atoms with van der Waals surface area (Å²) in [4.78, 5) is 42.7. The van der Waals surface area contributed by atoms with Crippen molar-refractivity contribution in [2.45, 2.75) is 25.5 Å². The number of hydrogen-bond acceptors (Lipinski definition) is 7. The van der Waals surface area contributed by atoms with E-state index in [1.165, 1.54) is 29.9 Å². The summed E-state index contributed by atoms with van der Waals surface area (Å²) < 4.78 is 20.5. The maximum atomic E-state index is 13.3. The Kier molecular flexibility index (Phi) is 6.46. The first-order chi connectivity index (χ1) is 16.3. The first kappa shape index (κ1) is 23.2. The minimum atomic E-state index is -1.05. The minimum absolute atomic E-state index is 0.00297. The van der Waals surface area contributed by atoms with Crippen LogP contribution in [0.25, 0.3) is 11.0 Å². The zero-order valence-corrected chi connectivity index (χ0v) is 18.4. The number of rotatable bonds is 7. The molecule has 1 aliphatic heterocycles. The van der Waals surface area contributed by atoms with Crippen LogP contribution in [0.5, 0.6) is 11.5 Å². The van der Waals surface area contributed by atoms with Gasteiger partial charge in [0.05, 0.1) is 6.54 Å². The molecule has 0 bridgehead atoms. The minimum Gasteiger partial charge on any atom is -0.505 e. The largest absolute Gasteiger partial charge is 0.505 e. The maximum absolute atomic E-state index is 13.3. The molecule has 1 aromatic carbocycles. The molecule has 0 saturated carbocycles. The Balaban J connectivity index is 1.88. The van der Waals surface area contributed by atoms with E-state index in [4.69, 9.17) is 10.5 Å². The molecule has 0 spiro atoms. The van der Waals surface area contributed by atoms with Gasteiger partial charge in [-0.2, -0.15) is 0 Å². The van der Waals surface area contributed by atoms with Crippen LogP contribution in [0.2, 0.25) is 0 Å². The number of hydrogen-bond donors (Lipinski definition) is 4. The highest BCUT2D eigenvalue weighted by atomic mass is 19.1. The van der Waals surface area contributed by atoms with Crippen molar-refractivity contribution in [1.82, 2.24) is 20.2 Å². The Labute approximate surface area is 193 Å². The second-order valence-electron chi connectivity index (χ2n) is 7.87. The second-order valence-corrected chi connectivity index (χ2v) is 7.87. The van der Waals surface area contributed by atoms with Crippen LogP contribution in [-0.2, 0) is 17.8 Å². The molecule has 11 heteroatoms. The van der Waals surface area contributed by atoms with E-state index in [1.54, 1.807) is 12.1 Å². The molecular weight excluding hydrogens is 445 g/mol. The van der Waals surface area contributed by atoms with Crippen molar-refractivity contribution in [3.8, 4) is 11.5 Å². The molecule has 2 amide bonds. The molecular formula is C23H24FN5O5. The van der Waals surface area contributed by atoms with Crippen LogP contribution in [0.4, 0.5) is 4.39 Å². The van der Waals surface area contributed by atoms with Gasteiger partial charge < -0.3 is 26.2 Å². The highest BCUT2D eigenvalue weighted by molar-refractivity contribution is 6.02. The van der Waals surface area contributed by atoms with E-state index in [0.717, 1.165) is 5.56 Å². The number of benzene rings is 1. The molecule has 1 aliphatic rings. The molecule has 0 radical (unpaired) electrons. The summed E-state index contributed by atoms with van der Waals surface area (Å²) in [7, 11) is 1.44. The number of carbonyl (C=O) groups is 2. The smallest absolute Gasteiger partial charge is 0.268 e. The number of nitrogens with zero attached hydrogens (tertiary/aromatic N) is 2. The third-order valence-corrected chi connectivity index (χ3v) is 5.62. The second kappa shape index (κ2) is 9.48. The lowest BCUT2D eigenvalue weighted by Gasteiger charge is -2.28. The predicted octanol–water partition coefficient (Wildman–Crippen LogP) is 0.418. The van der Waals surface area contributed by atoms with Crippen molar-refractivity contribution >= 4 is 22.8 Å². The molecule has 3 heterocycles. The molecule has 1 atom stereocenters. The monoisotopic (exact) mass is 469 g/mol. The van der Waals surface area contributed by atoms with Crippen LogP contribution < -0.4 is 26.7 Å². The summed E-state index contributed by atoms with van der Waals surface area (Å²) in [5.74, 6) is -1.98. The van der Waals surface area contributed by atoms with Crippen LogP contribution in [0, 0.1) is 5.82 Å². The fourth-order valence-electron chi connectivity index (χ4n) is 3.90. The fourth-order valence-corrected chi connectivity index (χ4v) is 3.90. The average Bonchev–Trinajstić information content (AvgIpc) is 2.84. The van der Waals surface area contributed by atoms with Gasteiger partial charge in [0.2, 0.25) is 0 Å². The van der Waals surface area contributed by atoms with Gasteiger partial charge in [0.25, 0.3) is 17.4 Å². The summed E-state index contributed by atoms with van der Waals surface area (Å²) in [6.07, 6.45) is 1.16. The van der Waals surface area contributed by atoms with Crippen molar-refractivity contribution in [2.24, 2.45) is 5.73 Å². The Morgan fingerprint density at radius 3 is 2.74 bits per heavy atom. The average molecular weight is 469 g/mol. The van der Waals surface area contributed by atoms with E-state index in [2.05, 4.69) is 15.6 Å². The van der Waals surface area contributed by atoms with Crippen molar-refractivity contribution in [3.63, 3.8) is 0 Å². The summed E-state index contributed by atoms with van der Waals surface area (Å²) in [6.45, 7) is 0.402.